The van der Waals surface area contributed by atoms with Crippen molar-refractivity contribution in [1.82, 2.24) is 0 Å². The fraction of sp³-hybridized carbons (Fsp3) is 0. The molecule has 2 heterocycles. The molecule has 10 aromatic carbocycles. The summed E-state index contributed by atoms with van der Waals surface area (Å²) < 4.78 is 13.0. The standard InChI is InChI=1S/C56H35NO2/c1-2-13-36(14-3-1)37-25-27-40(28-26-37)57(42-29-30-48-47-21-8-10-23-51(47)59-54(48)35-42)41-17-12-16-38(33-41)44-31-32-53-56(49-22-9-11-24-52(49)58-53)55(44)50-34-39-15-4-5-18-43(39)45-19-6-7-20-46(45)50/h1-35H. The summed E-state index contributed by atoms with van der Waals surface area (Å²) in [7, 11) is 0. The van der Waals surface area contributed by atoms with Crippen molar-refractivity contribution >= 4 is 82.5 Å². The zero-order valence-electron chi connectivity index (χ0n) is 32.0. The molecular formula is C56H35NO2. The average molecular weight is 754 g/mol. The minimum atomic E-state index is 0.855. The van der Waals surface area contributed by atoms with Crippen LogP contribution < -0.4 is 4.90 Å². The lowest BCUT2D eigenvalue weighted by Crippen LogP contribution is -2.10. The second kappa shape index (κ2) is 13.4. The summed E-state index contributed by atoms with van der Waals surface area (Å²) in [4.78, 5) is 2.34. The van der Waals surface area contributed by atoms with E-state index < -0.39 is 0 Å². The van der Waals surface area contributed by atoms with E-state index in [0.29, 0.717) is 0 Å². The third-order valence-electron chi connectivity index (χ3n) is 11.8. The monoisotopic (exact) mass is 753 g/mol. The molecule has 0 saturated carbocycles. The molecule has 0 amide bonds. The van der Waals surface area contributed by atoms with Gasteiger partial charge < -0.3 is 13.7 Å². The highest BCUT2D eigenvalue weighted by atomic mass is 16.3. The molecule has 0 unspecified atom stereocenters. The Balaban J connectivity index is 1.10. The number of benzene rings is 10. The van der Waals surface area contributed by atoms with E-state index in [1.165, 1.54) is 38.2 Å². The van der Waals surface area contributed by atoms with Crippen molar-refractivity contribution in [3.05, 3.63) is 212 Å². The quantitative estimate of drug-likeness (QED) is 0.158. The molecule has 2 aromatic heterocycles. The molecule has 0 aliphatic heterocycles. The normalized spacial score (nSPS) is 11.7. The molecule has 3 heteroatoms. The second-order valence-corrected chi connectivity index (χ2v) is 15.2. The maximum absolute atomic E-state index is 6.56. The van der Waals surface area contributed by atoms with Crippen LogP contribution in [0.15, 0.2) is 221 Å². The number of rotatable bonds is 6. The van der Waals surface area contributed by atoms with E-state index in [0.717, 1.165) is 77.6 Å². The van der Waals surface area contributed by atoms with Gasteiger partial charge in [0.15, 0.2) is 0 Å². The van der Waals surface area contributed by atoms with Crippen molar-refractivity contribution in [2.75, 3.05) is 4.90 Å². The van der Waals surface area contributed by atoms with Gasteiger partial charge in [0.25, 0.3) is 0 Å². The molecule has 12 aromatic rings. The largest absolute Gasteiger partial charge is 0.456 e. The number of fused-ring (bicyclic) bond motifs is 9. The molecule has 0 radical (unpaired) electrons. The van der Waals surface area contributed by atoms with Gasteiger partial charge in [0, 0.05) is 50.2 Å². The van der Waals surface area contributed by atoms with Crippen molar-refractivity contribution < 1.29 is 8.83 Å². The van der Waals surface area contributed by atoms with Gasteiger partial charge in [0.05, 0.1) is 0 Å². The molecule has 0 aliphatic rings. The van der Waals surface area contributed by atoms with Gasteiger partial charge in [-0.25, -0.2) is 0 Å². The number of anilines is 3. The first-order valence-electron chi connectivity index (χ1n) is 20.1. The molecule has 276 valence electrons. The van der Waals surface area contributed by atoms with Crippen molar-refractivity contribution in [1.29, 1.82) is 0 Å². The van der Waals surface area contributed by atoms with Gasteiger partial charge in [-0.1, -0.05) is 146 Å². The lowest BCUT2D eigenvalue weighted by molar-refractivity contribution is 0.668. The van der Waals surface area contributed by atoms with Crippen LogP contribution in [0.3, 0.4) is 0 Å². The van der Waals surface area contributed by atoms with Crippen LogP contribution in [0.4, 0.5) is 17.1 Å². The van der Waals surface area contributed by atoms with Gasteiger partial charge >= 0.3 is 0 Å². The summed E-state index contributed by atoms with van der Waals surface area (Å²) in [5, 5.41) is 9.33. The van der Waals surface area contributed by atoms with E-state index in [2.05, 4.69) is 199 Å². The Kier molecular flexibility index (Phi) is 7.54. The smallest absolute Gasteiger partial charge is 0.137 e. The van der Waals surface area contributed by atoms with Crippen LogP contribution in [0.2, 0.25) is 0 Å². The van der Waals surface area contributed by atoms with E-state index in [1.54, 1.807) is 0 Å². The van der Waals surface area contributed by atoms with Crippen molar-refractivity contribution in [2.24, 2.45) is 0 Å². The van der Waals surface area contributed by atoms with Gasteiger partial charge in [0.2, 0.25) is 0 Å². The van der Waals surface area contributed by atoms with Crippen LogP contribution in [-0.2, 0) is 0 Å². The summed E-state index contributed by atoms with van der Waals surface area (Å²) in [5.41, 5.74) is 13.5. The zero-order chi connectivity index (χ0) is 38.9. The van der Waals surface area contributed by atoms with E-state index >= 15 is 0 Å². The predicted octanol–water partition coefficient (Wildman–Crippen LogP) is 16.3. The van der Waals surface area contributed by atoms with Crippen molar-refractivity contribution in [2.45, 2.75) is 0 Å². The second-order valence-electron chi connectivity index (χ2n) is 15.2. The molecule has 3 nitrogen and oxygen atoms in total. The minimum absolute atomic E-state index is 0.855. The summed E-state index contributed by atoms with van der Waals surface area (Å²) in [6.45, 7) is 0. The van der Waals surface area contributed by atoms with Crippen molar-refractivity contribution in [3.8, 4) is 33.4 Å². The highest BCUT2D eigenvalue weighted by molar-refractivity contribution is 6.22. The number of para-hydroxylation sites is 2. The topological polar surface area (TPSA) is 29.5 Å². The number of hydrogen-bond acceptors (Lipinski definition) is 3. The number of hydrogen-bond donors (Lipinski definition) is 0. The lowest BCUT2D eigenvalue weighted by Gasteiger charge is -2.26. The summed E-state index contributed by atoms with van der Waals surface area (Å²) in [5.74, 6) is 0. The fourth-order valence-electron chi connectivity index (χ4n) is 9.15. The van der Waals surface area contributed by atoms with Crippen LogP contribution in [-0.4, -0.2) is 0 Å². The summed E-state index contributed by atoms with van der Waals surface area (Å²) in [6, 6.07) is 75.8. The van der Waals surface area contributed by atoms with Crippen LogP contribution in [0.1, 0.15) is 0 Å². The van der Waals surface area contributed by atoms with Gasteiger partial charge in [-0.05, 0) is 110 Å². The van der Waals surface area contributed by atoms with E-state index in [-0.39, 0.29) is 0 Å². The van der Waals surface area contributed by atoms with E-state index in [1.807, 2.05) is 18.2 Å². The highest BCUT2D eigenvalue weighted by Crippen LogP contribution is 2.48. The first kappa shape index (κ1) is 33.3. The number of nitrogens with zero attached hydrogens (tertiary/aromatic N) is 1. The minimum Gasteiger partial charge on any atom is -0.456 e. The molecule has 0 spiro atoms. The Morgan fingerprint density at radius 1 is 0.288 bits per heavy atom. The Labute approximate surface area is 340 Å². The average Bonchev–Trinajstić information content (AvgIpc) is 3.87. The molecule has 12 rings (SSSR count). The first-order chi connectivity index (χ1) is 29.2. The third kappa shape index (κ3) is 5.44. The lowest BCUT2D eigenvalue weighted by atomic mass is 9.86. The van der Waals surface area contributed by atoms with Crippen molar-refractivity contribution in [3.63, 3.8) is 0 Å². The van der Waals surface area contributed by atoms with Gasteiger partial charge in [-0.3, -0.25) is 0 Å². The maximum Gasteiger partial charge on any atom is 0.137 e. The molecule has 0 bridgehead atoms. The maximum atomic E-state index is 6.56. The Bertz CT molecular complexity index is 3560. The number of furan rings is 2. The van der Waals surface area contributed by atoms with Crippen LogP contribution in [0.25, 0.3) is 98.8 Å². The first-order valence-corrected chi connectivity index (χ1v) is 20.1. The van der Waals surface area contributed by atoms with Crippen LogP contribution in [0, 0.1) is 0 Å². The predicted molar refractivity (Wildman–Crippen MR) is 247 cm³/mol. The molecular weight excluding hydrogens is 719 g/mol. The summed E-state index contributed by atoms with van der Waals surface area (Å²) in [6.07, 6.45) is 0. The Morgan fingerprint density at radius 2 is 0.881 bits per heavy atom. The molecule has 0 atom stereocenters. The molecule has 0 saturated heterocycles. The molecule has 0 aliphatic carbocycles. The van der Waals surface area contributed by atoms with Gasteiger partial charge in [0.1, 0.15) is 22.3 Å². The highest BCUT2D eigenvalue weighted by Gasteiger charge is 2.22. The Morgan fingerprint density at radius 3 is 1.71 bits per heavy atom. The molecule has 59 heavy (non-hydrogen) atoms. The van der Waals surface area contributed by atoms with E-state index in [9.17, 15) is 0 Å². The molecule has 0 N–H and O–H groups in total. The van der Waals surface area contributed by atoms with E-state index in [4.69, 9.17) is 8.83 Å². The zero-order valence-corrected chi connectivity index (χ0v) is 32.0. The summed E-state index contributed by atoms with van der Waals surface area (Å²) >= 11 is 0. The van der Waals surface area contributed by atoms with Gasteiger partial charge in [-0.15, -0.1) is 0 Å². The SMILES string of the molecule is c1ccc(-c2ccc(N(c3cccc(-c4ccc5oc6ccccc6c5c4-c4cc5ccccc5c5ccccc45)c3)c3ccc4c(c3)oc3ccccc34)cc2)cc1. The van der Waals surface area contributed by atoms with Crippen LogP contribution >= 0.6 is 0 Å². The fourth-order valence-corrected chi connectivity index (χ4v) is 9.15. The van der Waals surface area contributed by atoms with Gasteiger partial charge in [-0.2, -0.15) is 0 Å². The molecule has 0 fully saturated rings. The third-order valence-corrected chi connectivity index (χ3v) is 11.8. The Hall–Kier alpha value is -7.88. The van der Waals surface area contributed by atoms with Crippen LogP contribution in [0.5, 0.6) is 0 Å².